The molecule has 1 N–H and O–H groups in total. The second-order valence-corrected chi connectivity index (χ2v) is 5.84. The average molecular weight is 327 g/mol. The number of benzene rings is 1. The maximum atomic E-state index is 12.7. The Morgan fingerprint density at radius 1 is 1.29 bits per heavy atom. The van der Waals surface area contributed by atoms with Crippen molar-refractivity contribution in [3.05, 3.63) is 42.1 Å². The van der Waals surface area contributed by atoms with Gasteiger partial charge in [-0.15, -0.1) is 0 Å². The van der Waals surface area contributed by atoms with Crippen molar-refractivity contribution in [2.24, 2.45) is 0 Å². The molecule has 1 aliphatic rings. The summed E-state index contributed by atoms with van der Waals surface area (Å²) in [4.78, 5) is 30.5. The predicted molar refractivity (Wildman–Crippen MR) is 90.8 cm³/mol. The van der Waals surface area contributed by atoms with Gasteiger partial charge in [0, 0.05) is 24.5 Å². The molecule has 2 heterocycles. The van der Waals surface area contributed by atoms with E-state index in [-0.39, 0.29) is 11.9 Å². The first-order valence-corrected chi connectivity index (χ1v) is 8.25. The third-order valence-corrected chi connectivity index (χ3v) is 4.12. The van der Waals surface area contributed by atoms with E-state index in [0.717, 1.165) is 23.7 Å². The van der Waals surface area contributed by atoms with E-state index >= 15 is 0 Å². The Balaban J connectivity index is 1.70. The second kappa shape index (κ2) is 7.29. The van der Waals surface area contributed by atoms with Crippen LogP contribution >= 0.6 is 0 Å². The molecule has 1 atom stereocenters. The van der Waals surface area contributed by atoms with E-state index in [1.54, 1.807) is 17.9 Å². The van der Waals surface area contributed by atoms with E-state index in [4.69, 9.17) is 4.74 Å². The number of pyridine rings is 1. The molecule has 2 amide bonds. The third kappa shape index (κ3) is 3.64. The molecule has 1 fully saturated rings. The highest BCUT2D eigenvalue weighted by atomic mass is 16.5. The topological polar surface area (TPSA) is 71.5 Å². The number of nitrogens with one attached hydrogen (secondary N) is 1. The summed E-state index contributed by atoms with van der Waals surface area (Å²) in [5.41, 5.74) is 1.24. The molecule has 126 valence electrons. The summed E-state index contributed by atoms with van der Waals surface area (Å²) in [6.07, 6.45) is 1.25. The Hall–Kier alpha value is -2.63. The molecule has 3 rings (SSSR count). The van der Waals surface area contributed by atoms with Crippen LogP contribution < -0.4 is 5.32 Å². The Morgan fingerprint density at radius 3 is 2.96 bits per heavy atom. The van der Waals surface area contributed by atoms with Crippen LogP contribution in [0.25, 0.3) is 10.9 Å². The zero-order valence-corrected chi connectivity index (χ0v) is 13.7. The van der Waals surface area contributed by atoms with E-state index in [9.17, 15) is 9.59 Å². The second-order valence-electron chi connectivity index (χ2n) is 5.84. The van der Waals surface area contributed by atoms with Crippen molar-refractivity contribution in [2.45, 2.75) is 25.8 Å². The number of carbonyl (C=O) groups excluding carboxylic acids is 2. The molecule has 6 nitrogen and oxygen atoms in total. The number of piperidine rings is 1. The van der Waals surface area contributed by atoms with Gasteiger partial charge in [0.2, 0.25) is 0 Å². The molecule has 0 spiro atoms. The van der Waals surface area contributed by atoms with Crippen LogP contribution in [0.3, 0.4) is 0 Å². The number of carbonyl (C=O) groups is 2. The van der Waals surface area contributed by atoms with Crippen LogP contribution in [-0.2, 0) is 4.74 Å². The summed E-state index contributed by atoms with van der Waals surface area (Å²) in [6.45, 7) is 3.25. The molecule has 6 heteroatoms. The van der Waals surface area contributed by atoms with Crippen LogP contribution in [0.1, 0.15) is 30.3 Å². The number of nitrogens with zero attached hydrogens (tertiary/aromatic N) is 2. The maximum Gasteiger partial charge on any atom is 0.407 e. The first kappa shape index (κ1) is 16.2. The van der Waals surface area contributed by atoms with Gasteiger partial charge in [0.05, 0.1) is 12.1 Å². The number of fused-ring (bicyclic) bond motifs is 1. The van der Waals surface area contributed by atoms with Crippen molar-refractivity contribution in [1.29, 1.82) is 0 Å². The minimum Gasteiger partial charge on any atom is -0.450 e. The normalized spacial score (nSPS) is 17.5. The lowest BCUT2D eigenvalue weighted by Crippen LogP contribution is -2.49. The van der Waals surface area contributed by atoms with Crippen LogP contribution in [0.2, 0.25) is 0 Å². The van der Waals surface area contributed by atoms with Crippen molar-refractivity contribution in [3.63, 3.8) is 0 Å². The molecule has 24 heavy (non-hydrogen) atoms. The average Bonchev–Trinajstić information content (AvgIpc) is 2.61. The molecule has 2 aromatic rings. The molecule has 0 aliphatic carbocycles. The molecule has 1 unspecified atom stereocenters. The number of para-hydroxylation sites is 1. The predicted octanol–water partition coefficient (Wildman–Crippen LogP) is 2.59. The molecule has 1 aromatic carbocycles. The lowest BCUT2D eigenvalue weighted by Gasteiger charge is -2.32. The van der Waals surface area contributed by atoms with Gasteiger partial charge in [-0.3, -0.25) is 4.79 Å². The highest BCUT2D eigenvalue weighted by molar-refractivity contribution is 5.95. The number of amides is 2. The fourth-order valence-electron chi connectivity index (χ4n) is 2.97. The summed E-state index contributed by atoms with van der Waals surface area (Å²) in [5, 5.41) is 3.82. The van der Waals surface area contributed by atoms with Gasteiger partial charge < -0.3 is 15.0 Å². The molecular formula is C18H21N3O3. The number of hydrogen-bond donors (Lipinski definition) is 1. The van der Waals surface area contributed by atoms with Crippen LogP contribution in [0.4, 0.5) is 4.79 Å². The number of aromatic nitrogens is 1. The molecule has 1 aromatic heterocycles. The Morgan fingerprint density at radius 2 is 2.12 bits per heavy atom. The largest absolute Gasteiger partial charge is 0.450 e. The van der Waals surface area contributed by atoms with Crippen LogP contribution in [0.5, 0.6) is 0 Å². The monoisotopic (exact) mass is 327 g/mol. The van der Waals surface area contributed by atoms with E-state index < -0.39 is 6.09 Å². The van der Waals surface area contributed by atoms with Crippen LogP contribution in [0, 0.1) is 0 Å². The summed E-state index contributed by atoms with van der Waals surface area (Å²) in [5.74, 6) is -0.101. The molecule has 0 radical (unpaired) electrons. The molecule has 1 aliphatic heterocycles. The van der Waals surface area contributed by atoms with Gasteiger partial charge in [0.25, 0.3) is 5.91 Å². The van der Waals surface area contributed by atoms with E-state index in [1.807, 2.05) is 30.3 Å². The van der Waals surface area contributed by atoms with Crippen molar-refractivity contribution < 1.29 is 14.3 Å². The fourth-order valence-corrected chi connectivity index (χ4v) is 2.97. The van der Waals surface area contributed by atoms with E-state index in [1.165, 1.54) is 0 Å². The van der Waals surface area contributed by atoms with Gasteiger partial charge in [-0.05, 0) is 31.9 Å². The smallest absolute Gasteiger partial charge is 0.407 e. The number of alkyl carbamates (subject to hydrolysis) is 1. The third-order valence-electron chi connectivity index (χ3n) is 4.12. The standard InChI is InChI=1S/C18H21N3O3/c1-2-24-18(23)19-14-7-5-11-21(12-14)17(22)16-10-9-13-6-3-4-8-15(13)20-16/h3-4,6,8-10,14H,2,5,7,11-12H2,1H3,(H,19,23). The zero-order chi connectivity index (χ0) is 16.9. The number of hydrogen-bond acceptors (Lipinski definition) is 4. The summed E-state index contributed by atoms with van der Waals surface area (Å²) < 4.78 is 4.91. The number of rotatable bonds is 3. The number of likely N-dealkylation sites (tertiary alicyclic amines) is 1. The van der Waals surface area contributed by atoms with Gasteiger partial charge in [0.1, 0.15) is 5.69 Å². The zero-order valence-electron chi connectivity index (χ0n) is 13.7. The maximum absolute atomic E-state index is 12.7. The first-order chi connectivity index (χ1) is 11.7. The summed E-state index contributed by atoms with van der Waals surface area (Å²) in [7, 11) is 0. The Bertz CT molecular complexity index is 747. The lowest BCUT2D eigenvalue weighted by atomic mass is 10.1. The van der Waals surface area contributed by atoms with Gasteiger partial charge in [-0.1, -0.05) is 24.3 Å². The van der Waals surface area contributed by atoms with E-state index in [2.05, 4.69) is 10.3 Å². The van der Waals surface area contributed by atoms with Crippen molar-refractivity contribution in [3.8, 4) is 0 Å². The fraction of sp³-hybridized carbons (Fsp3) is 0.389. The van der Waals surface area contributed by atoms with Gasteiger partial charge in [0.15, 0.2) is 0 Å². The molecule has 0 saturated carbocycles. The van der Waals surface area contributed by atoms with Crippen molar-refractivity contribution in [2.75, 3.05) is 19.7 Å². The molecule has 0 bridgehead atoms. The SMILES string of the molecule is CCOC(=O)NC1CCCN(C(=O)c2ccc3ccccc3n2)C1. The van der Waals surface area contributed by atoms with E-state index in [0.29, 0.717) is 25.4 Å². The number of ether oxygens (including phenoxy) is 1. The first-order valence-electron chi connectivity index (χ1n) is 8.25. The van der Waals surface area contributed by atoms with Crippen LogP contribution in [0.15, 0.2) is 36.4 Å². The minimum absolute atomic E-state index is 0.0813. The quantitative estimate of drug-likeness (QED) is 0.940. The van der Waals surface area contributed by atoms with Gasteiger partial charge in [-0.25, -0.2) is 9.78 Å². The highest BCUT2D eigenvalue weighted by Crippen LogP contribution is 2.16. The molecule has 1 saturated heterocycles. The van der Waals surface area contributed by atoms with Crippen LogP contribution in [-0.4, -0.2) is 47.6 Å². The summed E-state index contributed by atoms with van der Waals surface area (Å²) >= 11 is 0. The summed E-state index contributed by atoms with van der Waals surface area (Å²) in [6, 6.07) is 11.3. The van der Waals surface area contributed by atoms with Gasteiger partial charge >= 0.3 is 6.09 Å². The van der Waals surface area contributed by atoms with Crippen molar-refractivity contribution >= 4 is 22.9 Å². The lowest BCUT2D eigenvalue weighted by molar-refractivity contribution is 0.0681. The minimum atomic E-state index is -0.430. The molecular weight excluding hydrogens is 306 g/mol. The highest BCUT2D eigenvalue weighted by Gasteiger charge is 2.26. The van der Waals surface area contributed by atoms with Crippen molar-refractivity contribution in [1.82, 2.24) is 15.2 Å². The Labute approximate surface area is 140 Å². The van der Waals surface area contributed by atoms with Gasteiger partial charge in [-0.2, -0.15) is 0 Å². The Kier molecular flexibility index (Phi) is 4.93.